The molecule has 0 spiro atoms. The van der Waals surface area contributed by atoms with Gasteiger partial charge in [0.15, 0.2) is 17.9 Å². The Morgan fingerprint density at radius 2 is 0.343 bits per heavy atom. The first-order valence-electron chi connectivity index (χ1n) is 27.2. The minimum atomic E-state index is -1.29. The maximum Gasteiger partial charge on any atom is 0.321 e. The summed E-state index contributed by atoms with van der Waals surface area (Å²) in [4.78, 5) is 158. The van der Waals surface area contributed by atoms with E-state index < -0.39 is 181 Å². The summed E-state index contributed by atoms with van der Waals surface area (Å²) in [5, 5.41) is 120. The van der Waals surface area contributed by atoms with Crippen LogP contribution in [0.3, 0.4) is 0 Å². The number of carboxylic acids is 15. The molecule has 0 fully saturated rings. The van der Waals surface area contributed by atoms with Crippen LogP contribution in [0, 0.1) is 0 Å². The summed E-state index contributed by atoms with van der Waals surface area (Å²) in [6.45, 7) is 9.77. The van der Waals surface area contributed by atoms with Crippen LogP contribution in [0.1, 0.15) is 99.3 Å². The van der Waals surface area contributed by atoms with Gasteiger partial charge in [-0.25, -0.2) is 0 Å². The summed E-state index contributed by atoms with van der Waals surface area (Å²) >= 11 is 0. The molecular formula is C48H105N21O30. The molecule has 0 bridgehead atoms. The van der Waals surface area contributed by atoms with Gasteiger partial charge in [-0.15, -0.1) is 0 Å². The average Bonchev–Trinajstić information content (AvgIpc) is 1.63. The maximum atomic E-state index is 10.2. The minimum absolute atomic E-state index is 0.0129. The molecule has 51 N–H and O–H groups in total. The summed E-state index contributed by atoms with van der Waals surface area (Å²) in [5.74, 6) is -16.2. The van der Waals surface area contributed by atoms with Gasteiger partial charge in [0.25, 0.3) is 0 Å². The number of hydrogen-bond donors (Lipinski definition) is 33. The largest absolute Gasteiger partial charge is 0.481 e. The summed E-state index contributed by atoms with van der Waals surface area (Å²) in [6.07, 6.45) is 1.27. The highest BCUT2D eigenvalue weighted by Gasteiger charge is 2.17. The van der Waals surface area contributed by atoms with Crippen molar-refractivity contribution >= 4 is 107 Å². The SMILES string of the molecule is C[C@H](N)C(=O)O.C[C@H](N)C(=O)O.C[C@H](N)C(=O)O.C[C@H](N)C(=O)O.C[C@H](N)C(=O)O.C[C@H](N)C(=O)O.NC(N)=NCCC[C@H](N)C(=O)O.NC(N)=NCCC[C@H](N)C(=O)O.NC(N)=NCCC[C@H](N)C(=O)O.N[C@@H](CC(=O)O)C(=O)O.N[C@@H](CC(=O)O)C(=O)O.N[C@@H](CC(=O)O)C(=O)O. The normalized spacial score (nSPS) is 12.8. The topological polar surface area (TPSA) is 1060 Å². The van der Waals surface area contributed by atoms with Gasteiger partial charge in [-0.05, 0) is 80.1 Å². The molecule has 0 aromatic heterocycles. The van der Waals surface area contributed by atoms with E-state index in [-0.39, 0.29) is 17.9 Å². The van der Waals surface area contributed by atoms with Crippen LogP contribution in [-0.2, 0) is 71.9 Å². The van der Waals surface area contributed by atoms with Crippen LogP contribution >= 0.6 is 0 Å². The van der Waals surface area contributed by atoms with Gasteiger partial charge in [-0.1, -0.05) is 0 Å². The number of guanidine groups is 3. The fraction of sp³-hybridized carbons (Fsp3) is 0.625. The van der Waals surface area contributed by atoms with Gasteiger partial charge in [0, 0.05) is 19.6 Å². The number of carbonyl (C=O) groups is 15. The third kappa shape index (κ3) is 129. The standard InChI is InChI=1S/3C6H14N4O2.3C4H7NO4.6C3H7NO2/c3*7-4(5(11)12)2-1-3-10-6(8)9;3*5-2(4(8)9)1-3(6)7;6*1-2(4)3(5)6/h3*4H,1-3,7H2,(H,11,12)(H4,8,9,10);3*2H,1,5H2,(H,6,7)(H,8,9);6*2H,4H2,1H3,(H,5,6)/t3*4-;9*2-/m000000000000/s1. The van der Waals surface area contributed by atoms with E-state index >= 15 is 0 Å². The molecule has 0 rings (SSSR count). The van der Waals surface area contributed by atoms with Crippen molar-refractivity contribution in [3.05, 3.63) is 0 Å². The predicted molar refractivity (Wildman–Crippen MR) is 348 cm³/mol. The molecule has 0 heterocycles. The molecule has 0 aliphatic rings. The number of nitrogens with two attached hydrogens (primary N) is 18. The molecule has 0 aliphatic carbocycles. The monoisotopic (exact) mass is 1460 g/mol. The predicted octanol–water partition coefficient (Wildman–Crippen LogP) is -11.5. The van der Waals surface area contributed by atoms with Gasteiger partial charge < -0.3 is 180 Å². The molecule has 0 aliphatic heterocycles. The Kier molecular flexibility index (Phi) is 85.5. The molecule has 12 atom stereocenters. The Morgan fingerprint density at radius 3 is 0.404 bits per heavy atom. The fourth-order valence-corrected chi connectivity index (χ4v) is 2.75. The van der Waals surface area contributed by atoms with E-state index in [0.29, 0.717) is 58.2 Å². The maximum absolute atomic E-state index is 10.2. The molecule has 0 radical (unpaired) electrons. The zero-order valence-corrected chi connectivity index (χ0v) is 55.0. The number of aliphatic carboxylic acids is 15. The van der Waals surface area contributed by atoms with Gasteiger partial charge in [0.05, 0.1) is 19.3 Å². The molecule has 99 heavy (non-hydrogen) atoms. The Labute approximate surface area is 564 Å². The van der Waals surface area contributed by atoms with Crippen LogP contribution in [0.4, 0.5) is 0 Å². The number of nitrogens with zero attached hydrogens (tertiary/aromatic N) is 3. The van der Waals surface area contributed by atoms with E-state index in [2.05, 4.69) is 15.0 Å². The van der Waals surface area contributed by atoms with Crippen molar-refractivity contribution in [1.29, 1.82) is 0 Å². The first-order valence-corrected chi connectivity index (χ1v) is 27.2. The third-order valence-corrected chi connectivity index (χ3v) is 8.33. The first-order chi connectivity index (χ1) is 44.6. The summed E-state index contributed by atoms with van der Waals surface area (Å²) in [6, 6.07) is -10.7. The second-order valence-corrected chi connectivity index (χ2v) is 18.6. The zero-order valence-electron chi connectivity index (χ0n) is 55.0. The number of rotatable bonds is 30. The number of aliphatic imine (C=N–C) groups is 3. The van der Waals surface area contributed by atoms with E-state index in [1.165, 1.54) is 41.5 Å². The molecule has 0 aromatic carbocycles. The number of carboxylic acid groups (broad SMARTS) is 15. The van der Waals surface area contributed by atoms with Gasteiger partial charge in [-0.3, -0.25) is 86.9 Å². The molecule has 0 saturated heterocycles. The lowest BCUT2D eigenvalue weighted by Gasteiger charge is -2.03. The molecular weight excluding hydrogens is 1350 g/mol. The number of hydrogen-bond acceptors (Lipinski definition) is 30. The molecule has 0 aromatic rings. The van der Waals surface area contributed by atoms with Crippen molar-refractivity contribution in [2.24, 2.45) is 118 Å². The van der Waals surface area contributed by atoms with Crippen LogP contribution in [0.15, 0.2) is 15.0 Å². The summed E-state index contributed by atoms with van der Waals surface area (Å²) in [7, 11) is 0. The highest BCUT2D eigenvalue weighted by atomic mass is 16.4. The van der Waals surface area contributed by atoms with Crippen LogP contribution in [0.25, 0.3) is 0 Å². The van der Waals surface area contributed by atoms with E-state index in [4.69, 9.17) is 180 Å². The second kappa shape index (κ2) is 73.2. The smallest absolute Gasteiger partial charge is 0.321 e. The van der Waals surface area contributed by atoms with Crippen molar-refractivity contribution in [1.82, 2.24) is 0 Å². The second-order valence-electron chi connectivity index (χ2n) is 18.6. The van der Waals surface area contributed by atoms with Crippen LogP contribution in [0.2, 0.25) is 0 Å². The summed E-state index contributed by atoms with van der Waals surface area (Å²) in [5.41, 5.74) is 89.5. The molecule has 0 unspecified atom stereocenters. The van der Waals surface area contributed by atoms with Crippen LogP contribution < -0.4 is 103 Å². The molecule has 582 valence electrons. The van der Waals surface area contributed by atoms with Crippen molar-refractivity contribution in [3.63, 3.8) is 0 Å². The van der Waals surface area contributed by atoms with Gasteiger partial charge in [-0.2, -0.15) is 0 Å². The van der Waals surface area contributed by atoms with Gasteiger partial charge >= 0.3 is 89.5 Å². The Morgan fingerprint density at radius 1 is 0.232 bits per heavy atom. The molecule has 0 saturated carbocycles. The highest BCUT2D eigenvalue weighted by Crippen LogP contribution is 1.97. The molecule has 51 heteroatoms. The van der Waals surface area contributed by atoms with Crippen LogP contribution in [-0.4, -0.2) is 276 Å². The lowest BCUT2D eigenvalue weighted by Crippen LogP contribution is -2.32. The summed E-state index contributed by atoms with van der Waals surface area (Å²) < 4.78 is 0. The van der Waals surface area contributed by atoms with Crippen molar-refractivity contribution in [2.75, 3.05) is 19.6 Å². The molecule has 0 amide bonds. The van der Waals surface area contributed by atoms with E-state index in [1.807, 2.05) is 0 Å². The van der Waals surface area contributed by atoms with Gasteiger partial charge in [0.1, 0.15) is 72.5 Å². The van der Waals surface area contributed by atoms with E-state index in [1.54, 1.807) is 0 Å². The molecule has 51 nitrogen and oxygen atoms in total. The van der Waals surface area contributed by atoms with Crippen LogP contribution in [0.5, 0.6) is 0 Å². The Balaban J connectivity index is -0.0000000843. The highest BCUT2D eigenvalue weighted by molar-refractivity contribution is 5.82. The minimum Gasteiger partial charge on any atom is -0.481 e. The zero-order chi connectivity index (χ0) is 81.9. The average molecular weight is 1460 g/mol. The van der Waals surface area contributed by atoms with Gasteiger partial charge in [0.2, 0.25) is 0 Å². The Bertz CT molecular complexity index is 2110. The first kappa shape index (κ1) is 116. The fourth-order valence-electron chi connectivity index (χ4n) is 2.75. The van der Waals surface area contributed by atoms with Crippen molar-refractivity contribution in [2.45, 2.75) is 172 Å². The third-order valence-electron chi connectivity index (χ3n) is 8.33. The lowest BCUT2D eigenvalue weighted by atomic mass is 10.2. The van der Waals surface area contributed by atoms with Crippen molar-refractivity contribution in [3.8, 4) is 0 Å². The Hall–Kier alpha value is -10.6. The lowest BCUT2D eigenvalue weighted by molar-refractivity contribution is -0.144. The van der Waals surface area contributed by atoms with E-state index in [0.717, 1.165) is 0 Å². The quantitative estimate of drug-likeness (QED) is 0.0180. The van der Waals surface area contributed by atoms with Crippen molar-refractivity contribution < 1.29 is 149 Å². The van der Waals surface area contributed by atoms with E-state index in [9.17, 15) is 71.9 Å².